The van der Waals surface area contributed by atoms with Gasteiger partial charge in [0.15, 0.2) is 11.4 Å². The van der Waals surface area contributed by atoms with Crippen LogP contribution in [0.25, 0.3) is 5.78 Å². The number of fused-ring (bicyclic) bond motifs is 3. The van der Waals surface area contributed by atoms with Crippen LogP contribution in [0.5, 0.6) is 5.75 Å². The number of aliphatic hydroxyl groups excluding tert-OH is 1. The van der Waals surface area contributed by atoms with Crippen molar-refractivity contribution < 1.29 is 33.0 Å². The third kappa shape index (κ3) is 5.85. The summed E-state index contributed by atoms with van der Waals surface area (Å²) in [4.78, 5) is 56.6. The lowest BCUT2D eigenvalue weighted by Crippen LogP contribution is -2.51. The molecular formula is C29H30ClF3N10O5. The summed E-state index contributed by atoms with van der Waals surface area (Å²) in [6.07, 6.45) is -3.21. The summed E-state index contributed by atoms with van der Waals surface area (Å²) in [7, 11) is 0. The minimum Gasteiger partial charge on any atom is -0.504 e. The van der Waals surface area contributed by atoms with Crippen LogP contribution in [0.2, 0.25) is 5.02 Å². The first kappa shape index (κ1) is 33.0. The summed E-state index contributed by atoms with van der Waals surface area (Å²) < 4.78 is 42.2. The van der Waals surface area contributed by atoms with E-state index in [0.717, 1.165) is 22.7 Å². The highest BCUT2D eigenvalue weighted by Crippen LogP contribution is 2.42. The molecule has 1 aromatic carbocycles. The van der Waals surface area contributed by atoms with Crippen LogP contribution in [-0.2, 0) is 11.0 Å². The van der Waals surface area contributed by atoms with E-state index in [1.165, 1.54) is 11.2 Å². The number of benzene rings is 1. The van der Waals surface area contributed by atoms with Crippen molar-refractivity contribution in [3.8, 4) is 5.75 Å². The van der Waals surface area contributed by atoms with Crippen LogP contribution < -0.4 is 21.1 Å². The molecule has 0 bridgehead atoms. The van der Waals surface area contributed by atoms with E-state index in [1.54, 1.807) is 16.4 Å². The Morgan fingerprint density at radius 3 is 2.54 bits per heavy atom. The van der Waals surface area contributed by atoms with Crippen molar-refractivity contribution in [2.24, 2.45) is 0 Å². The Kier molecular flexibility index (Phi) is 8.63. The van der Waals surface area contributed by atoms with Crippen LogP contribution in [0.1, 0.15) is 52.7 Å². The minimum atomic E-state index is -4.62. The topological polar surface area (TPSA) is 183 Å². The van der Waals surface area contributed by atoms with E-state index in [2.05, 4.69) is 30.7 Å². The van der Waals surface area contributed by atoms with Gasteiger partial charge in [-0.25, -0.2) is 9.97 Å². The number of hydrogen-bond donors (Lipinski definition) is 4. The molecule has 19 heteroatoms. The lowest BCUT2D eigenvalue weighted by atomic mass is 10.0. The van der Waals surface area contributed by atoms with Crippen molar-refractivity contribution >= 4 is 46.5 Å². The zero-order valence-electron chi connectivity index (χ0n) is 25.6. The molecule has 0 unspecified atom stereocenters. The fraction of sp³-hybridized carbons (Fsp3) is 0.414. The molecule has 0 saturated carbocycles. The number of amides is 2. The van der Waals surface area contributed by atoms with Gasteiger partial charge < -0.3 is 30.6 Å². The number of nitrogens with zero attached hydrogens (tertiary/aromatic N) is 8. The predicted octanol–water partition coefficient (Wildman–Crippen LogP) is 2.42. The monoisotopic (exact) mass is 690 g/mol. The molecule has 5 heterocycles. The van der Waals surface area contributed by atoms with Crippen molar-refractivity contribution in [2.45, 2.75) is 38.4 Å². The van der Waals surface area contributed by atoms with E-state index >= 15 is 0 Å². The van der Waals surface area contributed by atoms with Crippen LogP contribution in [0.3, 0.4) is 0 Å². The Balaban J connectivity index is 1.35. The smallest absolute Gasteiger partial charge is 0.416 e. The molecule has 6 rings (SSSR count). The molecule has 1 fully saturated rings. The van der Waals surface area contributed by atoms with Gasteiger partial charge in [-0.05, 0) is 31.5 Å². The molecule has 48 heavy (non-hydrogen) atoms. The van der Waals surface area contributed by atoms with E-state index in [9.17, 15) is 37.8 Å². The third-order valence-electron chi connectivity index (χ3n) is 8.40. The van der Waals surface area contributed by atoms with Gasteiger partial charge in [0.2, 0.25) is 17.6 Å². The lowest BCUT2D eigenvalue weighted by molar-refractivity contribution is -0.137. The molecule has 0 spiro atoms. The van der Waals surface area contributed by atoms with Gasteiger partial charge in [0.05, 0.1) is 34.3 Å². The maximum atomic E-state index is 14.1. The molecule has 4 N–H and O–H groups in total. The number of aryl methyl sites for hydroxylation is 1. The zero-order valence-corrected chi connectivity index (χ0v) is 26.4. The van der Waals surface area contributed by atoms with Crippen LogP contribution in [0.4, 0.5) is 30.5 Å². The molecule has 2 atom stereocenters. The fourth-order valence-electron chi connectivity index (χ4n) is 6.04. The quantitative estimate of drug-likeness (QED) is 0.223. The molecule has 2 aliphatic rings. The van der Waals surface area contributed by atoms with Crippen LogP contribution in [0, 0.1) is 6.92 Å². The summed E-state index contributed by atoms with van der Waals surface area (Å²) in [6.45, 7) is 4.06. The maximum absolute atomic E-state index is 14.1. The SMILES string of the molecule is Cc1ncnc(C(=O)N2CCN(c3c4n(c5nc(NCCO)nn5c3=O)[C@H](C(=O)Nc3ccc(C(F)(F)F)cc3Cl)C[C@H]4C)CC2)c1O. The number of hydrogen-bond acceptors (Lipinski definition) is 11. The molecular weight excluding hydrogens is 661 g/mol. The van der Waals surface area contributed by atoms with Gasteiger partial charge in [-0.3, -0.25) is 19.0 Å². The minimum absolute atomic E-state index is 0.0227. The Labute approximate surface area is 275 Å². The second kappa shape index (κ2) is 12.6. The highest BCUT2D eigenvalue weighted by atomic mass is 35.5. The van der Waals surface area contributed by atoms with Crippen LogP contribution in [-0.4, -0.2) is 95.4 Å². The Hall–Kier alpha value is -4.97. The van der Waals surface area contributed by atoms with Gasteiger partial charge in [-0.2, -0.15) is 22.7 Å². The van der Waals surface area contributed by atoms with E-state index in [-0.39, 0.29) is 96.9 Å². The fourth-order valence-corrected chi connectivity index (χ4v) is 6.26. The van der Waals surface area contributed by atoms with Gasteiger partial charge >= 0.3 is 6.18 Å². The van der Waals surface area contributed by atoms with Gasteiger partial charge in [-0.1, -0.05) is 18.5 Å². The number of rotatable bonds is 7. The number of halogens is 4. The summed E-state index contributed by atoms with van der Waals surface area (Å²) in [6, 6.07) is 1.66. The predicted molar refractivity (Wildman–Crippen MR) is 167 cm³/mol. The first-order chi connectivity index (χ1) is 22.8. The average Bonchev–Trinajstić information content (AvgIpc) is 3.63. The number of aliphatic hydroxyl groups is 1. The zero-order chi connectivity index (χ0) is 34.5. The Bertz CT molecular complexity index is 1980. The average molecular weight is 691 g/mol. The standard InChI is InChI=1S/C29H30ClF3N10O5/c1-14-11-19(24(46)37-18-4-3-16(12-17(18)30)29(31,32)33)42-21(14)22(26(48)43-28(42)38-27(39-43)34-5-10-44)40-6-8-41(9-7-40)25(47)20-23(45)15(2)35-13-36-20/h3-4,12-14,19,44-45H,5-11H2,1-2H3,(H,34,39)(H,37,46)/t14-,19+/m1/s1. The summed E-state index contributed by atoms with van der Waals surface area (Å²) in [5, 5.41) is 29.1. The summed E-state index contributed by atoms with van der Waals surface area (Å²) >= 11 is 6.13. The molecule has 3 aromatic heterocycles. The van der Waals surface area contributed by atoms with E-state index in [0.29, 0.717) is 5.69 Å². The first-order valence-corrected chi connectivity index (χ1v) is 15.3. The van der Waals surface area contributed by atoms with Crippen molar-refractivity contribution in [2.75, 3.05) is 54.9 Å². The Morgan fingerprint density at radius 2 is 1.88 bits per heavy atom. The van der Waals surface area contributed by atoms with Crippen molar-refractivity contribution in [1.29, 1.82) is 0 Å². The van der Waals surface area contributed by atoms with E-state index < -0.39 is 35.2 Å². The lowest BCUT2D eigenvalue weighted by Gasteiger charge is -2.36. The van der Waals surface area contributed by atoms with Gasteiger partial charge in [0, 0.05) is 38.6 Å². The number of carbonyl (C=O) groups is 2. The van der Waals surface area contributed by atoms with Crippen LogP contribution in [0.15, 0.2) is 29.3 Å². The first-order valence-electron chi connectivity index (χ1n) is 14.9. The largest absolute Gasteiger partial charge is 0.504 e. The normalized spacial score (nSPS) is 17.9. The summed E-state index contributed by atoms with van der Waals surface area (Å²) in [5.41, 5.74) is -0.613. The number of alkyl halides is 3. The van der Waals surface area contributed by atoms with Crippen molar-refractivity contribution in [1.82, 2.24) is 34.0 Å². The summed E-state index contributed by atoms with van der Waals surface area (Å²) in [5.74, 6) is -1.67. The second-order valence-corrected chi connectivity index (χ2v) is 11.9. The Morgan fingerprint density at radius 1 is 1.15 bits per heavy atom. The molecule has 1 saturated heterocycles. The number of aromatic nitrogens is 6. The molecule has 2 aliphatic heterocycles. The molecule has 0 radical (unpaired) electrons. The molecule has 2 amide bonds. The van der Waals surface area contributed by atoms with E-state index in [4.69, 9.17) is 11.6 Å². The van der Waals surface area contributed by atoms with Gasteiger partial charge in [0.25, 0.3) is 11.5 Å². The molecule has 254 valence electrons. The van der Waals surface area contributed by atoms with E-state index in [1.807, 2.05) is 6.92 Å². The third-order valence-corrected chi connectivity index (χ3v) is 8.71. The van der Waals surface area contributed by atoms with Gasteiger partial charge in [-0.15, -0.1) is 5.10 Å². The number of aromatic hydroxyl groups is 1. The molecule has 0 aliphatic carbocycles. The highest BCUT2D eigenvalue weighted by molar-refractivity contribution is 6.33. The van der Waals surface area contributed by atoms with Crippen molar-refractivity contribution in [3.63, 3.8) is 0 Å². The highest BCUT2D eigenvalue weighted by Gasteiger charge is 2.41. The van der Waals surface area contributed by atoms with Crippen molar-refractivity contribution in [3.05, 3.63) is 62.5 Å². The molecule has 4 aromatic rings. The number of nitrogens with one attached hydrogen (secondary N) is 2. The van der Waals surface area contributed by atoms with Crippen LogP contribution >= 0.6 is 11.6 Å². The number of piperazine rings is 1. The number of anilines is 3. The maximum Gasteiger partial charge on any atom is 0.416 e. The molecule has 15 nitrogen and oxygen atoms in total. The second-order valence-electron chi connectivity index (χ2n) is 11.5. The number of carbonyl (C=O) groups excluding carboxylic acids is 2. The van der Waals surface area contributed by atoms with Gasteiger partial charge in [0.1, 0.15) is 18.1 Å².